The maximum atomic E-state index is 5.95. The quantitative estimate of drug-likeness (QED) is 0.528. The van der Waals surface area contributed by atoms with Crippen molar-refractivity contribution in [1.29, 1.82) is 0 Å². The monoisotopic (exact) mass is 445 g/mol. The summed E-state index contributed by atoms with van der Waals surface area (Å²) in [6.45, 7) is 1.17. The molecule has 164 valence electrons. The van der Waals surface area contributed by atoms with E-state index in [0.717, 1.165) is 24.3 Å². The van der Waals surface area contributed by atoms with Crippen LogP contribution in [0.15, 0.2) is 72.8 Å². The lowest BCUT2D eigenvalue weighted by atomic mass is 9.69. The van der Waals surface area contributed by atoms with Crippen LogP contribution in [-0.2, 0) is 11.2 Å². The molecule has 1 aliphatic heterocycles. The zero-order valence-electron chi connectivity index (χ0n) is 18.1. The molecule has 0 saturated carbocycles. The predicted octanol–water partition coefficient (Wildman–Crippen LogP) is 5.21. The van der Waals surface area contributed by atoms with Crippen molar-refractivity contribution < 1.29 is 14.2 Å². The normalized spacial score (nSPS) is 21.9. The van der Waals surface area contributed by atoms with Crippen molar-refractivity contribution in [2.24, 2.45) is 0 Å². The summed E-state index contributed by atoms with van der Waals surface area (Å²) < 4.78 is 16.9. The Labute approximate surface area is 194 Å². The number of nitrogens with one attached hydrogen (secondary N) is 1. The number of ether oxygens (including phenoxy) is 3. The second-order valence-corrected chi connectivity index (χ2v) is 8.76. The van der Waals surface area contributed by atoms with Gasteiger partial charge in [-0.1, -0.05) is 48.5 Å². The van der Waals surface area contributed by atoms with Crippen LogP contribution in [0.25, 0.3) is 0 Å². The summed E-state index contributed by atoms with van der Waals surface area (Å²) in [6, 6.07) is 25.9. The van der Waals surface area contributed by atoms with Crippen molar-refractivity contribution in [2.75, 3.05) is 20.3 Å². The summed E-state index contributed by atoms with van der Waals surface area (Å²) in [5, 5.41) is 3.47. The molecule has 1 unspecified atom stereocenters. The van der Waals surface area contributed by atoms with Crippen molar-refractivity contribution >= 4 is 17.4 Å². The van der Waals surface area contributed by atoms with Gasteiger partial charge in [0.15, 0.2) is 6.10 Å². The standard InChI is InChI=1S/C27H27NO3S/c1-29-22-12-14-25-20(15-22)9-13-24(18-5-3-2-4-6-18)26(25)19-7-10-21(11-8-19)30-17-23-16-28-27(32)31-23/h2-8,10-12,14-15,23-24,26H,9,13,16-17H2,1H3,(H,28,32)/t23?,24-,26+/m1/s1. The van der Waals surface area contributed by atoms with Crippen molar-refractivity contribution in [3.8, 4) is 11.5 Å². The molecule has 4 nitrogen and oxygen atoms in total. The second kappa shape index (κ2) is 9.21. The molecular formula is C27H27NO3S. The van der Waals surface area contributed by atoms with Gasteiger partial charge in [0.2, 0.25) is 0 Å². The fourth-order valence-electron chi connectivity index (χ4n) is 4.88. The zero-order valence-corrected chi connectivity index (χ0v) is 18.9. The molecule has 3 aromatic rings. The van der Waals surface area contributed by atoms with E-state index in [1.807, 2.05) is 0 Å². The molecule has 5 heteroatoms. The van der Waals surface area contributed by atoms with Crippen molar-refractivity contribution in [3.05, 3.63) is 95.1 Å². The minimum atomic E-state index is -0.0372. The van der Waals surface area contributed by atoms with Gasteiger partial charge in [-0.05, 0) is 77.5 Å². The van der Waals surface area contributed by atoms with Crippen molar-refractivity contribution in [3.63, 3.8) is 0 Å². The molecule has 5 rings (SSSR count). The fraction of sp³-hybridized carbons (Fsp3) is 0.296. The first-order chi connectivity index (χ1) is 15.7. The molecule has 0 spiro atoms. The topological polar surface area (TPSA) is 39.7 Å². The first-order valence-corrected chi connectivity index (χ1v) is 11.5. The van der Waals surface area contributed by atoms with Crippen LogP contribution in [0, 0.1) is 0 Å². The third-order valence-corrected chi connectivity index (χ3v) is 6.70. The van der Waals surface area contributed by atoms with E-state index in [0.29, 0.717) is 30.2 Å². The molecule has 3 aromatic carbocycles. The molecule has 1 aliphatic carbocycles. The van der Waals surface area contributed by atoms with E-state index in [9.17, 15) is 0 Å². The number of rotatable bonds is 6. The predicted molar refractivity (Wildman–Crippen MR) is 130 cm³/mol. The summed E-state index contributed by atoms with van der Waals surface area (Å²) >= 11 is 5.02. The first kappa shape index (κ1) is 20.8. The summed E-state index contributed by atoms with van der Waals surface area (Å²) in [7, 11) is 1.73. The van der Waals surface area contributed by atoms with Gasteiger partial charge in [0.05, 0.1) is 13.7 Å². The first-order valence-electron chi connectivity index (χ1n) is 11.1. The lowest BCUT2D eigenvalue weighted by Gasteiger charge is -2.35. The number of hydrogen-bond acceptors (Lipinski definition) is 4. The lowest BCUT2D eigenvalue weighted by molar-refractivity contribution is 0.150. The summed E-state index contributed by atoms with van der Waals surface area (Å²) in [5.41, 5.74) is 5.46. The number of hydrogen-bond donors (Lipinski definition) is 1. The summed E-state index contributed by atoms with van der Waals surface area (Å²) in [6.07, 6.45) is 2.13. The molecule has 1 saturated heterocycles. The van der Waals surface area contributed by atoms with Gasteiger partial charge in [-0.3, -0.25) is 0 Å². The SMILES string of the molecule is COc1ccc2c(c1)CC[C@H](c1ccccc1)[C@@H]2c1ccc(OCC2CNC(=S)O2)cc1. The Kier molecular flexibility index (Phi) is 5.99. The molecular weight excluding hydrogens is 418 g/mol. The molecule has 2 aliphatic rings. The Hall–Kier alpha value is -3.05. The van der Waals surface area contributed by atoms with Gasteiger partial charge in [-0.25, -0.2) is 0 Å². The fourth-order valence-corrected chi connectivity index (χ4v) is 5.10. The van der Waals surface area contributed by atoms with Gasteiger partial charge >= 0.3 is 0 Å². The van der Waals surface area contributed by atoms with Crippen LogP contribution in [0.5, 0.6) is 11.5 Å². The van der Waals surface area contributed by atoms with Crippen molar-refractivity contribution in [1.82, 2.24) is 5.32 Å². The maximum absolute atomic E-state index is 5.95. The largest absolute Gasteiger partial charge is 0.497 e. The molecule has 0 amide bonds. The minimum absolute atomic E-state index is 0.0372. The Morgan fingerprint density at radius 1 is 0.969 bits per heavy atom. The third kappa shape index (κ3) is 4.30. The van der Waals surface area contributed by atoms with E-state index < -0.39 is 0 Å². The molecule has 32 heavy (non-hydrogen) atoms. The number of benzene rings is 3. The highest BCUT2D eigenvalue weighted by molar-refractivity contribution is 7.80. The highest BCUT2D eigenvalue weighted by Gasteiger charge is 2.32. The molecule has 0 aromatic heterocycles. The summed E-state index contributed by atoms with van der Waals surface area (Å²) in [4.78, 5) is 0. The van der Waals surface area contributed by atoms with E-state index in [1.165, 1.54) is 22.3 Å². The summed E-state index contributed by atoms with van der Waals surface area (Å²) in [5.74, 6) is 2.49. The number of aryl methyl sites for hydroxylation is 1. The maximum Gasteiger partial charge on any atom is 0.257 e. The van der Waals surface area contributed by atoms with Crippen LogP contribution >= 0.6 is 12.2 Å². The molecule has 3 atom stereocenters. The zero-order chi connectivity index (χ0) is 21.9. The van der Waals surface area contributed by atoms with Gasteiger partial charge in [-0.2, -0.15) is 0 Å². The molecule has 0 radical (unpaired) electrons. The van der Waals surface area contributed by atoms with Gasteiger partial charge in [0.1, 0.15) is 18.1 Å². The van der Waals surface area contributed by atoms with Gasteiger partial charge in [0.25, 0.3) is 5.17 Å². The Morgan fingerprint density at radius 3 is 2.47 bits per heavy atom. The van der Waals surface area contributed by atoms with Gasteiger partial charge < -0.3 is 19.5 Å². The van der Waals surface area contributed by atoms with E-state index in [4.69, 9.17) is 26.4 Å². The third-order valence-electron chi connectivity index (χ3n) is 6.46. The van der Waals surface area contributed by atoms with Gasteiger partial charge in [0, 0.05) is 5.92 Å². The Balaban J connectivity index is 1.42. The average molecular weight is 446 g/mol. The van der Waals surface area contributed by atoms with E-state index in [1.54, 1.807) is 7.11 Å². The van der Waals surface area contributed by atoms with E-state index in [-0.39, 0.29) is 6.10 Å². The smallest absolute Gasteiger partial charge is 0.257 e. The van der Waals surface area contributed by atoms with Crippen LogP contribution in [-0.4, -0.2) is 31.5 Å². The molecule has 0 bridgehead atoms. The Bertz CT molecular complexity index is 1080. The van der Waals surface area contributed by atoms with Crippen LogP contribution in [0.1, 0.15) is 40.5 Å². The van der Waals surface area contributed by atoms with Crippen molar-refractivity contribution in [2.45, 2.75) is 30.8 Å². The average Bonchev–Trinajstić information content (AvgIpc) is 3.27. The Morgan fingerprint density at radius 2 is 1.75 bits per heavy atom. The van der Waals surface area contributed by atoms with Crippen LogP contribution in [0.4, 0.5) is 0 Å². The van der Waals surface area contributed by atoms with E-state index in [2.05, 4.69) is 78.1 Å². The van der Waals surface area contributed by atoms with E-state index >= 15 is 0 Å². The highest BCUT2D eigenvalue weighted by Crippen LogP contribution is 2.47. The minimum Gasteiger partial charge on any atom is -0.497 e. The molecule has 1 N–H and O–H groups in total. The molecule has 1 fully saturated rings. The number of fused-ring (bicyclic) bond motifs is 1. The van der Waals surface area contributed by atoms with Crippen LogP contribution in [0.3, 0.4) is 0 Å². The van der Waals surface area contributed by atoms with Gasteiger partial charge in [-0.15, -0.1) is 0 Å². The number of thiocarbonyl (C=S) groups is 1. The lowest BCUT2D eigenvalue weighted by Crippen LogP contribution is -2.22. The second-order valence-electron chi connectivity index (χ2n) is 8.39. The number of methoxy groups -OCH3 is 1. The van der Waals surface area contributed by atoms with Crippen LogP contribution < -0.4 is 14.8 Å². The molecule has 1 heterocycles. The van der Waals surface area contributed by atoms with Crippen LogP contribution in [0.2, 0.25) is 0 Å². The highest BCUT2D eigenvalue weighted by atomic mass is 32.1.